The van der Waals surface area contributed by atoms with E-state index in [0.717, 1.165) is 22.5 Å². The van der Waals surface area contributed by atoms with Crippen LogP contribution in [0.1, 0.15) is 17.0 Å². The lowest BCUT2D eigenvalue weighted by Gasteiger charge is -2.06. The van der Waals surface area contributed by atoms with E-state index in [1.807, 2.05) is 44.2 Å². The summed E-state index contributed by atoms with van der Waals surface area (Å²) in [5.41, 5.74) is 4.94. The standard InChI is InChI=1S/C14H12N2/c1-10-3-8-14(11(2)16-10)13-6-4-12(9-15)5-7-13/h3-8H,1-2H3. The van der Waals surface area contributed by atoms with Crippen molar-refractivity contribution in [2.24, 2.45) is 0 Å². The maximum atomic E-state index is 8.73. The van der Waals surface area contributed by atoms with Crippen molar-refractivity contribution in [2.75, 3.05) is 0 Å². The Hall–Kier alpha value is -2.14. The number of pyridine rings is 1. The van der Waals surface area contributed by atoms with E-state index < -0.39 is 0 Å². The lowest BCUT2D eigenvalue weighted by molar-refractivity contribution is 1.13. The summed E-state index contributed by atoms with van der Waals surface area (Å²) in [5, 5.41) is 8.73. The van der Waals surface area contributed by atoms with Gasteiger partial charge in [-0.05, 0) is 37.6 Å². The third kappa shape index (κ3) is 1.94. The normalized spacial score (nSPS) is 9.81. The number of nitrogens with zero attached hydrogens (tertiary/aromatic N) is 2. The third-order valence-electron chi connectivity index (χ3n) is 2.55. The summed E-state index contributed by atoms with van der Waals surface area (Å²) in [6.45, 7) is 3.98. The topological polar surface area (TPSA) is 36.7 Å². The van der Waals surface area contributed by atoms with Crippen molar-refractivity contribution in [1.82, 2.24) is 4.98 Å². The quantitative estimate of drug-likeness (QED) is 0.721. The summed E-state index contributed by atoms with van der Waals surface area (Å²) in [7, 11) is 0. The van der Waals surface area contributed by atoms with Gasteiger partial charge in [0.1, 0.15) is 0 Å². The third-order valence-corrected chi connectivity index (χ3v) is 2.55. The fourth-order valence-electron chi connectivity index (χ4n) is 1.72. The molecule has 16 heavy (non-hydrogen) atoms. The Bertz CT molecular complexity index is 548. The van der Waals surface area contributed by atoms with E-state index in [9.17, 15) is 0 Å². The Morgan fingerprint density at radius 3 is 2.25 bits per heavy atom. The van der Waals surface area contributed by atoms with Gasteiger partial charge < -0.3 is 0 Å². The van der Waals surface area contributed by atoms with Crippen molar-refractivity contribution in [3.63, 3.8) is 0 Å². The summed E-state index contributed by atoms with van der Waals surface area (Å²) in [5.74, 6) is 0. The number of hydrogen-bond donors (Lipinski definition) is 0. The molecule has 78 valence electrons. The Kier molecular flexibility index (Phi) is 2.70. The molecule has 0 radical (unpaired) electrons. The number of nitriles is 1. The van der Waals surface area contributed by atoms with Gasteiger partial charge in [0.15, 0.2) is 0 Å². The van der Waals surface area contributed by atoms with Crippen LogP contribution in [0, 0.1) is 25.2 Å². The molecule has 1 aromatic heterocycles. The smallest absolute Gasteiger partial charge is 0.0991 e. The second-order valence-electron chi connectivity index (χ2n) is 3.77. The highest BCUT2D eigenvalue weighted by atomic mass is 14.7. The first kappa shape index (κ1) is 10.4. The van der Waals surface area contributed by atoms with Gasteiger partial charge in [0.05, 0.1) is 11.6 Å². The van der Waals surface area contributed by atoms with E-state index in [-0.39, 0.29) is 0 Å². The molecule has 2 heteroatoms. The minimum atomic E-state index is 0.682. The molecular weight excluding hydrogens is 196 g/mol. The average molecular weight is 208 g/mol. The molecule has 0 aliphatic carbocycles. The SMILES string of the molecule is Cc1ccc(-c2ccc(C#N)cc2)c(C)n1. The second-order valence-corrected chi connectivity index (χ2v) is 3.77. The zero-order chi connectivity index (χ0) is 11.5. The monoisotopic (exact) mass is 208 g/mol. The number of aryl methyl sites for hydroxylation is 2. The maximum Gasteiger partial charge on any atom is 0.0991 e. The molecule has 0 N–H and O–H groups in total. The van der Waals surface area contributed by atoms with E-state index in [4.69, 9.17) is 5.26 Å². The summed E-state index contributed by atoms with van der Waals surface area (Å²) in [6.07, 6.45) is 0. The molecule has 1 heterocycles. The summed E-state index contributed by atoms with van der Waals surface area (Å²) in [6, 6.07) is 13.8. The highest BCUT2D eigenvalue weighted by Crippen LogP contribution is 2.22. The van der Waals surface area contributed by atoms with Gasteiger partial charge in [0.2, 0.25) is 0 Å². The van der Waals surface area contributed by atoms with Crippen molar-refractivity contribution < 1.29 is 0 Å². The Balaban J connectivity index is 2.47. The van der Waals surface area contributed by atoms with Crippen molar-refractivity contribution >= 4 is 0 Å². The lowest BCUT2D eigenvalue weighted by atomic mass is 10.0. The Morgan fingerprint density at radius 1 is 1.00 bits per heavy atom. The van der Waals surface area contributed by atoms with Crippen LogP contribution in [0.5, 0.6) is 0 Å². The summed E-state index contributed by atoms with van der Waals surface area (Å²) >= 11 is 0. The molecule has 0 unspecified atom stereocenters. The fraction of sp³-hybridized carbons (Fsp3) is 0.143. The van der Waals surface area contributed by atoms with E-state index >= 15 is 0 Å². The maximum absolute atomic E-state index is 8.73. The molecule has 0 fully saturated rings. The van der Waals surface area contributed by atoms with Gasteiger partial charge in [-0.1, -0.05) is 18.2 Å². The molecule has 0 bridgehead atoms. The van der Waals surface area contributed by atoms with Gasteiger partial charge in [-0.2, -0.15) is 5.26 Å². The van der Waals surface area contributed by atoms with Gasteiger partial charge >= 0.3 is 0 Å². The van der Waals surface area contributed by atoms with E-state index in [0.29, 0.717) is 5.56 Å². The van der Waals surface area contributed by atoms with Crippen LogP contribution in [0.15, 0.2) is 36.4 Å². The van der Waals surface area contributed by atoms with Crippen LogP contribution >= 0.6 is 0 Å². The van der Waals surface area contributed by atoms with Gasteiger partial charge in [0, 0.05) is 17.0 Å². The Morgan fingerprint density at radius 2 is 1.69 bits per heavy atom. The molecular formula is C14H12N2. The summed E-state index contributed by atoms with van der Waals surface area (Å²) < 4.78 is 0. The van der Waals surface area contributed by atoms with Crippen molar-refractivity contribution in [3.05, 3.63) is 53.3 Å². The van der Waals surface area contributed by atoms with Gasteiger partial charge in [-0.15, -0.1) is 0 Å². The van der Waals surface area contributed by atoms with E-state index in [2.05, 4.69) is 17.1 Å². The molecule has 0 spiro atoms. The van der Waals surface area contributed by atoms with Gasteiger partial charge in [-0.25, -0.2) is 0 Å². The zero-order valence-electron chi connectivity index (χ0n) is 9.36. The van der Waals surface area contributed by atoms with E-state index in [1.54, 1.807) is 0 Å². The Labute approximate surface area is 95.2 Å². The van der Waals surface area contributed by atoms with Crippen LogP contribution in [0.4, 0.5) is 0 Å². The zero-order valence-corrected chi connectivity index (χ0v) is 9.36. The molecule has 0 aliphatic rings. The largest absolute Gasteiger partial charge is 0.258 e. The average Bonchev–Trinajstić information content (AvgIpc) is 2.29. The molecule has 0 atom stereocenters. The number of aromatic nitrogens is 1. The molecule has 2 nitrogen and oxygen atoms in total. The van der Waals surface area contributed by atoms with Crippen LogP contribution in [-0.4, -0.2) is 4.98 Å². The first-order valence-electron chi connectivity index (χ1n) is 5.15. The second kappa shape index (κ2) is 4.16. The van der Waals surface area contributed by atoms with Gasteiger partial charge in [-0.3, -0.25) is 4.98 Å². The molecule has 2 rings (SSSR count). The van der Waals surface area contributed by atoms with Crippen molar-refractivity contribution in [2.45, 2.75) is 13.8 Å². The first-order chi connectivity index (χ1) is 7.70. The van der Waals surface area contributed by atoms with Crippen LogP contribution in [0.3, 0.4) is 0 Å². The van der Waals surface area contributed by atoms with E-state index in [1.165, 1.54) is 0 Å². The molecule has 2 aromatic rings. The predicted octanol–water partition coefficient (Wildman–Crippen LogP) is 3.24. The van der Waals surface area contributed by atoms with Crippen LogP contribution in [0.2, 0.25) is 0 Å². The highest BCUT2D eigenvalue weighted by molar-refractivity contribution is 5.66. The van der Waals surface area contributed by atoms with Crippen LogP contribution in [0.25, 0.3) is 11.1 Å². The molecule has 0 saturated heterocycles. The molecule has 0 aliphatic heterocycles. The fourth-order valence-corrected chi connectivity index (χ4v) is 1.72. The lowest BCUT2D eigenvalue weighted by Crippen LogP contribution is -1.90. The first-order valence-corrected chi connectivity index (χ1v) is 5.15. The number of benzene rings is 1. The molecule has 0 amide bonds. The number of hydrogen-bond acceptors (Lipinski definition) is 2. The van der Waals surface area contributed by atoms with Gasteiger partial charge in [0.25, 0.3) is 0 Å². The minimum absolute atomic E-state index is 0.682. The molecule has 0 saturated carbocycles. The van der Waals surface area contributed by atoms with Crippen LogP contribution < -0.4 is 0 Å². The predicted molar refractivity (Wildman–Crippen MR) is 63.9 cm³/mol. The van der Waals surface area contributed by atoms with Crippen molar-refractivity contribution in [3.8, 4) is 17.2 Å². The minimum Gasteiger partial charge on any atom is -0.258 e. The summed E-state index contributed by atoms with van der Waals surface area (Å²) in [4.78, 5) is 4.43. The van der Waals surface area contributed by atoms with Crippen molar-refractivity contribution in [1.29, 1.82) is 5.26 Å². The number of rotatable bonds is 1. The molecule has 1 aromatic carbocycles. The van der Waals surface area contributed by atoms with Crippen LogP contribution in [-0.2, 0) is 0 Å². The highest BCUT2D eigenvalue weighted by Gasteiger charge is 2.02.